The third kappa shape index (κ3) is 8.74. The second-order valence-corrected chi connectivity index (χ2v) is 11.5. The van der Waals surface area contributed by atoms with E-state index in [1.165, 1.54) is 13.2 Å². The summed E-state index contributed by atoms with van der Waals surface area (Å²) in [5.74, 6) is -1.84. The highest BCUT2D eigenvalue weighted by molar-refractivity contribution is 7.91. The molecule has 196 valence electrons. The Bertz CT molecular complexity index is 962. The summed E-state index contributed by atoms with van der Waals surface area (Å²) in [6.45, 7) is 5.38. The number of carbonyl (C=O) groups excluding carboxylic acids is 3. The number of ether oxygens (including phenoxy) is 1. The van der Waals surface area contributed by atoms with E-state index in [0.717, 1.165) is 44.1 Å². The first kappa shape index (κ1) is 29.0. The van der Waals surface area contributed by atoms with E-state index in [1.807, 2.05) is 0 Å². The van der Waals surface area contributed by atoms with Crippen LogP contribution < -0.4 is 0 Å². The Labute approximate surface area is 210 Å². The number of ketones is 1. The van der Waals surface area contributed by atoms with Crippen molar-refractivity contribution in [1.82, 2.24) is 4.90 Å². The van der Waals surface area contributed by atoms with Crippen LogP contribution in [0.15, 0.2) is 23.1 Å². The summed E-state index contributed by atoms with van der Waals surface area (Å²) < 4.78 is 31.5. The van der Waals surface area contributed by atoms with Crippen LogP contribution in [0.25, 0.3) is 0 Å². The lowest BCUT2D eigenvalue weighted by molar-refractivity contribution is -0.141. The average Bonchev–Trinajstić information content (AvgIpc) is 2.85. The number of hydrogen-bond donors (Lipinski definition) is 0. The van der Waals surface area contributed by atoms with E-state index < -0.39 is 21.7 Å². The number of unbranched alkanes of at least 4 members (excludes halogenated alkanes) is 4. The smallest absolute Gasteiger partial charge is 0.305 e. The summed E-state index contributed by atoms with van der Waals surface area (Å²) in [5, 5.41) is 0. The zero-order chi connectivity index (χ0) is 25.8. The van der Waals surface area contributed by atoms with Crippen molar-refractivity contribution in [1.29, 1.82) is 0 Å². The van der Waals surface area contributed by atoms with Crippen LogP contribution in [-0.2, 0) is 30.6 Å². The van der Waals surface area contributed by atoms with Crippen molar-refractivity contribution in [3.8, 4) is 0 Å². The Hall–Kier alpha value is -2.22. The largest absolute Gasteiger partial charge is 0.469 e. The predicted octanol–water partition coefficient (Wildman–Crippen LogP) is 4.76. The molecule has 0 radical (unpaired) electrons. The molecule has 0 saturated heterocycles. The normalized spacial score (nSPS) is 14.3. The number of hydrogen-bond acceptors (Lipinski definition) is 6. The molecule has 7 nitrogen and oxygen atoms in total. The van der Waals surface area contributed by atoms with Crippen molar-refractivity contribution >= 4 is 27.5 Å². The van der Waals surface area contributed by atoms with E-state index in [1.54, 1.807) is 17.0 Å². The SMILES string of the molecule is CCCCCN(CCCCC)C(=O)C(CCC(=O)OC)CS(=O)(=O)c1ccc2c(c1)CCCC2=O. The van der Waals surface area contributed by atoms with E-state index >= 15 is 0 Å². The summed E-state index contributed by atoms with van der Waals surface area (Å²) in [6, 6.07) is 4.65. The zero-order valence-corrected chi connectivity index (χ0v) is 22.3. The minimum absolute atomic E-state index is 0.0150. The number of sulfone groups is 1. The fourth-order valence-electron chi connectivity index (χ4n) is 4.55. The molecule has 8 heteroatoms. The molecule has 1 aliphatic carbocycles. The third-order valence-electron chi connectivity index (χ3n) is 6.66. The fourth-order valence-corrected chi connectivity index (χ4v) is 6.17. The maximum absolute atomic E-state index is 13.6. The molecular formula is C27H41NO6S. The van der Waals surface area contributed by atoms with Crippen LogP contribution in [0.1, 0.15) is 94.0 Å². The maximum Gasteiger partial charge on any atom is 0.305 e. The Morgan fingerprint density at radius 1 is 1.03 bits per heavy atom. The van der Waals surface area contributed by atoms with Crippen molar-refractivity contribution in [3.63, 3.8) is 0 Å². The maximum atomic E-state index is 13.6. The van der Waals surface area contributed by atoms with E-state index in [4.69, 9.17) is 4.74 Å². The van der Waals surface area contributed by atoms with Gasteiger partial charge in [-0.2, -0.15) is 0 Å². The number of carbonyl (C=O) groups is 3. The van der Waals surface area contributed by atoms with Gasteiger partial charge in [-0.3, -0.25) is 14.4 Å². The monoisotopic (exact) mass is 507 g/mol. The fraction of sp³-hybridized carbons (Fsp3) is 0.667. The van der Waals surface area contributed by atoms with Crippen molar-refractivity contribution < 1.29 is 27.5 Å². The molecule has 1 aromatic carbocycles. The van der Waals surface area contributed by atoms with E-state index in [-0.39, 0.29) is 35.2 Å². The molecule has 1 unspecified atom stereocenters. The van der Waals surface area contributed by atoms with Gasteiger partial charge in [0.2, 0.25) is 5.91 Å². The average molecular weight is 508 g/mol. The number of esters is 1. The van der Waals surface area contributed by atoms with Crippen molar-refractivity contribution in [2.24, 2.45) is 5.92 Å². The van der Waals surface area contributed by atoms with Gasteiger partial charge in [0.15, 0.2) is 15.6 Å². The molecule has 0 spiro atoms. The lowest BCUT2D eigenvalue weighted by Gasteiger charge is -2.28. The van der Waals surface area contributed by atoms with Crippen LogP contribution in [0.4, 0.5) is 0 Å². The molecule has 1 amide bonds. The standard InChI is InChI=1S/C27H41NO6S/c1-4-6-8-17-28(18-9-7-5-2)27(31)22(13-16-26(30)34-3)20-35(32,33)23-14-15-24-21(19-23)11-10-12-25(24)29/h14-15,19,22H,4-13,16-18,20H2,1-3H3. The van der Waals surface area contributed by atoms with Gasteiger partial charge in [0.25, 0.3) is 0 Å². The van der Waals surface area contributed by atoms with E-state index in [0.29, 0.717) is 37.9 Å². The molecule has 0 heterocycles. The number of amides is 1. The molecule has 1 aliphatic rings. The molecule has 0 aromatic heterocycles. The Morgan fingerprint density at radius 3 is 2.29 bits per heavy atom. The Kier molecular flexibility index (Phi) is 11.9. The summed E-state index contributed by atoms with van der Waals surface area (Å²) in [4.78, 5) is 39.5. The van der Waals surface area contributed by atoms with Crippen LogP contribution >= 0.6 is 0 Å². The second-order valence-electron chi connectivity index (χ2n) is 9.43. The number of Topliss-reactive ketones (excluding diaryl/α,β-unsaturated/α-hetero) is 1. The highest BCUT2D eigenvalue weighted by Crippen LogP contribution is 2.26. The minimum Gasteiger partial charge on any atom is -0.469 e. The molecule has 0 bridgehead atoms. The molecule has 0 saturated carbocycles. The molecular weight excluding hydrogens is 466 g/mol. The predicted molar refractivity (Wildman–Crippen MR) is 136 cm³/mol. The first-order valence-electron chi connectivity index (χ1n) is 13.0. The van der Waals surface area contributed by atoms with Gasteiger partial charge in [0.05, 0.1) is 23.7 Å². The van der Waals surface area contributed by atoms with Crippen molar-refractivity contribution in [2.45, 2.75) is 89.4 Å². The quantitative estimate of drug-likeness (QED) is 0.251. The van der Waals surface area contributed by atoms with E-state index in [2.05, 4.69) is 13.8 Å². The molecule has 0 N–H and O–H groups in total. The minimum atomic E-state index is -3.80. The number of aryl methyl sites for hydroxylation is 1. The molecule has 1 atom stereocenters. The lowest BCUT2D eigenvalue weighted by Crippen LogP contribution is -2.40. The number of benzene rings is 1. The van der Waals surface area contributed by atoms with Gasteiger partial charge in [-0.25, -0.2) is 8.42 Å². The first-order chi connectivity index (χ1) is 16.7. The highest BCUT2D eigenvalue weighted by atomic mass is 32.2. The van der Waals surface area contributed by atoms with Gasteiger partial charge in [0, 0.05) is 31.5 Å². The zero-order valence-electron chi connectivity index (χ0n) is 21.5. The van der Waals surface area contributed by atoms with Crippen LogP contribution in [0, 0.1) is 5.92 Å². The summed E-state index contributed by atoms with van der Waals surface area (Å²) in [5.41, 5.74) is 1.34. The number of rotatable bonds is 15. The van der Waals surface area contributed by atoms with Gasteiger partial charge in [0.1, 0.15) is 0 Å². The Morgan fingerprint density at radius 2 is 1.69 bits per heavy atom. The van der Waals surface area contributed by atoms with Crippen LogP contribution in [0.2, 0.25) is 0 Å². The van der Waals surface area contributed by atoms with Gasteiger partial charge in [-0.05, 0) is 55.9 Å². The van der Waals surface area contributed by atoms with Crippen LogP contribution in [-0.4, -0.2) is 56.9 Å². The van der Waals surface area contributed by atoms with Crippen molar-refractivity contribution in [2.75, 3.05) is 26.0 Å². The summed E-state index contributed by atoms with van der Waals surface area (Å²) in [7, 11) is -2.52. The lowest BCUT2D eigenvalue weighted by atomic mass is 9.91. The second kappa shape index (κ2) is 14.4. The van der Waals surface area contributed by atoms with Gasteiger partial charge in [-0.1, -0.05) is 39.5 Å². The van der Waals surface area contributed by atoms with E-state index in [9.17, 15) is 22.8 Å². The topological polar surface area (TPSA) is 97.8 Å². The van der Waals surface area contributed by atoms with Gasteiger partial charge >= 0.3 is 5.97 Å². The Balaban J connectivity index is 2.27. The molecule has 1 aromatic rings. The van der Waals surface area contributed by atoms with Crippen LogP contribution in [0.5, 0.6) is 0 Å². The molecule has 0 fully saturated rings. The summed E-state index contributed by atoms with van der Waals surface area (Å²) >= 11 is 0. The number of methoxy groups -OCH3 is 1. The van der Waals surface area contributed by atoms with Gasteiger partial charge < -0.3 is 9.64 Å². The van der Waals surface area contributed by atoms with Crippen LogP contribution in [0.3, 0.4) is 0 Å². The van der Waals surface area contributed by atoms with Gasteiger partial charge in [-0.15, -0.1) is 0 Å². The molecule has 2 rings (SSSR count). The number of nitrogens with zero attached hydrogens (tertiary/aromatic N) is 1. The molecule has 0 aliphatic heterocycles. The first-order valence-corrected chi connectivity index (χ1v) is 14.6. The summed E-state index contributed by atoms with van der Waals surface area (Å²) in [6.07, 6.45) is 7.73. The highest BCUT2D eigenvalue weighted by Gasteiger charge is 2.31. The number of fused-ring (bicyclic) bond motifs is 1. The third-order valence-corrected chi connectivity index (χ3v) is 8.47. The van der Waals surface area contributed by atoms with Crippen molar-refractivity contribution in [3.05, 3.63) is 29.3 Å². The molecule has 35 heavy (non-hydrogen) atoms.